The van der Waals surface area contributed by atoms with Crippen molar-refractivity contribution in [2.75, 3.05) is 18.0 Å². The first kappa shape index (κ1) is 13.3. The van der Waals surface area contributed by atoms with Gasteiger partial charge in [0.1, 0.15) is 5.82 Å². The number of carboxylic acids is 1. The van der Waals surface area contributed by atoms with Crippen molar-refractivity contribution < 1.29 is 14.7 Å². The quantitative estimate of drug-likeness (QED) is 0.840. The largest absolute Gasteiger partial charge is 0.481 e. The van der Waals surface area contributed by atoms with Crippen LogP contribution < -0.4 is 10.6 Å². The highest BCUT2D eigenvalue weighted by Gasteiger charge is 2.43. The van der Waals surface area contributed by atoms with Gasteiger partial charge in [0.05, 0.1) is 5.41 Å². The maximum atomic E-state index is 11.4. The minimum atomic E-state index is -0.774. The van der Waals surface area contributed by atoms with Crippen LogP contribution in [0, 0.1) is 5.41 Å². The normalized spacial score (nSPS) is 22.5. The standard InChI is InChI=1S/C13H17N3O3/c1-2-13(12(18)19)4-6-16(8-13)10-7-9(11(14)17)3-5-15-10/h3,5,7H,2,4,6,8H2,1H3,(H2,14,17)(H,18,19). The molecule has 1 fully saturated rings. The van der Waals surface area contributed by atoms with Gasteiger partial charge in [0.2, 0.25) is 5.91 Å². The third kappa shape index (κ3) is 2.38. The average Bonchev–Trinajstić information content (AvgIpc) is 2.84. The molecule has 0 radical (unpaired) electrons. The summed E-state index contributed by atoms with van der Waals surface area (Å²) < 4.78 is 0. The lowest BCUT2D eigenvalue weighted by Gasteiger charge is -2.23. The highest BCUT2D eigenvalue weighted by molar-refractivity contribution is 5.93. The smallest absolute Gasteiger partial charge is 0.311 e. The van der Waals surface area contributed by atoms with Crippen molar-refractivity contribution in [3.63, 3.8) is 0 Å². The second-order valence-corrected chi connectivity index (χ2v) is 4.88. The summed E-state index contributed by atoms with van der Waals surface area (Å²) in [4.78, 5) is 28.6. The van der Waals surface area contributed by atoms with Crippen LogP contribution in [0.1, 0.15) is 30.1 Å². The number of amides is 1. The number of primary amides is 1. The molecule has 6 heteroatoms. The topological polar surface area (TPSA) is 96.5 Å². The summed E-state index contributed by atoms with van der Waals surface area (Å²) in [6.07, 6.45) is 2.68. The van der Waals surface area contributed by atoms with Crippen molar-refractivity contribution >= 4 is 17.7 Å². The number of nitrogens with two attached hydrogens (primary N) is 1. The molecule has 1 aromatic heterocycles. The minimum absolute atomic E-state index is 0.384. The molecule has 1 unspecified atom stereocenters. The molecule has 19 heavy (non-hydrogen) atoms. The molecule has 1 aromatic rings. The van der Waals surface area contributed by atoms with Gasteiger partial charge in [0, 0.05) is 24.8 Å². The number of aliphatic carboxylic acids is 1. The van der Waals surface area contributed by atoms with Crippen LogP contribution in [-0.2, 0) is 4.79 Å². The lowest BCUT2D eigenvalue weighted by atomic mass is 9.84. The molecule has 2 rings (SSSR count). The molecule has 0 aliphatic carbocycles. The first-order valence-electron chi connectivity index (χ1n) is 6.23. The molecule has 0 saturated carbocycles. The Hall–Kier alpha value is -2.11. The zero-order valence-corrected chi connectivity index (χ0v) is 10.8. The summed E-state index contributed by atoms with van der Waals surface area (Å²) in [7, 11) is 0. The molecule has 1 atom stereocenters. The van der Waals surface area contributed by atoms with E-state index in [1.54, 1.807) is 12.1 Å². The predicted octanol–water partition coefficient (Wildman–Crippen LogP) is 0.872. The van der Waals surface area contributed by atoms with Gasteiger partial charge in [-0.1, -0.05) is 6.92 Å². The van der Waals surface area contributed by atoms with E-state index in [4.69, 9.17) is 5.73 Å². The molecule has 1 aliphatic heterocycles. The van der Waals surface area contributed by atoms with Crippen LogP contribution in [0.4, 0.5) is 5.82 Å². The predicted molar refractivity (Wildman–Crippen MR) is 69.9 cm³/mol. The van der Waals surface area contributed by atoms with E-state index in [1.165, 1.54) is 6.20 Å². The van der Waals surface area contributed by atoms with Crippen LogP contribution >= 0.6 is 0 Å². The van der Waals surface area contributed by atoms with Crippen molar-refractivity contribution in [3.8, 4) is 0 Å². The molecular formula is C13H17N3O3. The van der Waals surface area contributed by atoms with Crippen LogP contribution in [0.3, 0.4) is 0 Å². The Bertz CT molecular complexity index is 518. The molecule has 0 spiro atoms. The van der Waals surface area contributed by atoms with Gasteiger partial charge in [-0.2, -0.15) is 0 Å². The molecule has 0 aromatic carbocycles. The van der Waals surface area contributed by atoms with E-state index in [0.717, 1.165) is 0 Å². The minimum Gasteiger partial charge on any atom is -0.481 e. The number of nitrogens with zero attached hydrogens (tertiary/aromatic N) is 2. The monoisotopic (exact) mass is 263 g/mol. The number of carbonyl (C=O) groups excluding carboxylic acids is 1. The number of hydrogen-bond donors (Lipinski definition) is 2. The second kappa shape index (κ2) is 4.87. The first-order valence-corrected chi connectivity index (χ1v) is 6.23. The summed E-state index contributed by atoms with van der Waals surface area (Å²) in [5.74, 6) is -0.681. The van der Waals surface area contributed by atoms with Crippen LogP contribution in [0.15, 0.2) is 18.3 Å². The molecular weight excluding hydrogens is 246 g/mol. The molecule has 102 valence electrons. The molecule has 1 saturated heterocycles. The maximum absolute atomic E-state index is 11.4. The van der Waals surface area contributed by atoms with Crippen LogP contribution in [0.25, 0.3) is 0 Å². The lowest BCUT2D eigenvalue weighted by Crippen LogP contribution is -2.34. The summed E-state index contributed by atoms with van der Waals surface area (Å²) in [5, 5.41) is 9.35. The molecule has 0 bridgehead atoms. The summed E-state index contributed by atoms with van der Waals surface area (Å²) in [6, 6.07) is 3.15. The van der Waals surface area contributed by atoms with Gasteiger partial charge in [-0.15, -0.1) is 0 Å². The summed E-state index contributed by atoms with van der Waals surface area (Å²) >= 11 is 0. The number of carboxylic acid groups (broad SMARTS) is 1. The Kier molecular flexibility index (Phi) is 3.42. The van der Waals surface area contributed by atoms with Gasteiger partial charge >= 0.3 is 5.97 Å². The number of pyridine rings is 1. The third-order valence-electron chi connectivity index (χ3n) is 3.84. The van der Waals surface area contributed by atoms with E-state index < -0.39 is 17.3 Å². The van der Waals surface area contributed by atoms with Crippen LogP contribution in [0.2, 0.25) is 0 Å². The fourth-order valence-electron chi connectivity index (χ4n) is 2.43. The number of aromatic nitrogens is 1. The Balaban J connectivity index is 2.23. The van der Waals surface area contributed by atoms with Gasteiger partial charge < -0.3 is 15.7 Å². The fraction of sp³-hybridized carbons (Fsp3) is 0.462. The van der Waals surface area contributed by atoms with Crippen molar-refractivity contribution in [2.45, 2.75) is 19.8 Å². The van der Waals surface area contributed by atoms with Crippen LogP contribution in [0.5, 0.6) is 0 Å². The third-order valence-corrected chi connectivity index (χ3v) is 3.84. The van der Waals surface area contributed by atoms with Crippen LogP contribution in [-0.4, -0.2) is 35.1 Å². The van der Waals surface area contributed by atoms with Gasteiger partial charge in [-0.05, 0) is 25.0 Å². The highest BCUT2D eigenvalue weighted by Crippen LogP contribution is 2.36. The van der Waals surface area contributed by atoms with Crippen molar-refractivity contribution in [2.24, 2.45) is 11.1 Å². The summed E-state index contributed by atoms with van der Waals surface area (Å²) in [5.41, 5.74) is 4.90. The number of anilines is 1. The Morgan fingerprint density at radius 1 is 1.58 bits per heavy atom. The van der Waals surface area contributed by atoms with Crippen molar-refractivity contribution in [3.05, 3.63) is 23.9 Å². The van der Waals surface area contributed by atoms with Gasteiger partial charge in [-0.25, -0.2) is 4.98 Å². The molecule has 3 N–H and O–H groups in total. The van der Waals surface area contributed by atoms with Crippen molar-refractivity contribution in [1.29, 1.82) is 0 Å². The number of carbonyl (C=O) groups is 2. The first-order chi connectivity index (χ1) is 8.98. The van der Waals surface area contributed by atoms with Gasteiger partial charge in [0.25, 0.3) is 0 Å². The van der Waals surface area contributed by atoms with Gasteiger partial charge in [0.15, 0.2) is 0 Å². The van der Waals surface area contributed by atoms with E-state index in [0.29, 0.717) is 37.3 Å². The van der Waals surface area contributed by atoms with E-state index >= 15 is 0 Å². The lowest BCUT2D eigenvalue weighted by molar-refractivity contribution is -0.147. The number of rotatable bonds is 4. The molecule has 1 amide bonds. The van der Waals surface area contributed by atoms with Gasteiger partial charge in [-0.3, -0.25) is 9.59 Å². The Morgan fingerprint density at radius 2 is 2.32 bits per heavy atom. The Labute approximate surface area is 111 Å². The van der Waals surface area contributed by atoms with E-state index in [-0.39, 0.29) is 0 Å². The van der Waals surface area contributed by atoms with E-state index in [9.17, 15) is 14.7 Å². The fourth-order valence-corrected chi connectivity index (χ4v) is 2.43. The summed E-state index contributed by atoms with van der Waals surface area (Å²) in [6.45, 7) is 2.91. The molecule has 6 nitrogen and oxygen atoms in total. The van der Waals surface area contributed by atoms with E-state index in [1.807, 2.05) is 11.8 Å². The zero-order chi connectivity index (χ0) is 14.0. The highest BCUT2D eigenvalue weighted by atomic mass is 16.4. The Morgan fingerprint density at radius 3 is 2.84 bits per heavy atom. The van der Waals surface area contributed by atoms with Crippen molar-refractivity contribution in [1.82, 2.24) is 4.98 Å². The number of hydrogen-bond acceptors (Lipinski definition) is 4. The second-order valence-electron chi connectivity index (χ2n) is 4.88. The average molecular weight is 263 g/mol. The molecule has 1 aliphatic rings. The van der Waals surface area contributed by atoms with E-state index in [2.05, 4.69) is 4.98 Å². The zero-order valence-electron chi connectivity index (χ0n) is 10.8. The SMILES string of the molecule is CCC1(C(=O)O)CCN(c2cc(C(N)=O)ccn2)C1. The molecule has 2 heterocycles. The maximum Gasteiger partial charge on any atom is 0.311 e.